The molecule has 28 heavy (non-hydrogen) atoms. The number of hydrogen-bond donors (Lipinski definition) is 1. The lowest BCUT2D eigenvalue weighted by Gasteiger charge is -2.22. The highest BCUT2D eigenvalue weighted by Crippen LogP contribution is 2.27. The lowest BCUT2D eigenvalue weighted by molar-refractivity contribution is 0.0932. The van der Waals surface area contributed by atoms with Crippen molar-refractivity contribution in [1.82, 2.24) is 25.3 Å². The van der Waals surface area contributed by atoms with Crippen molar-refractivity contribution in [2.24, 2.45) is 0 Å². The van der Waals surface area contributed by atoms with Crippen molar-refractivity contribution in [1.29, 1.82) is 0 Å². The minimum atomic E-state index is -0.485. The van der Waals surface area contributed by atoms with Gasteiger partial charge in [0.05, 0.1) is 12.7 Å². The van der Waals surface area contributed by atoms with Crippen molar-refractivity contribution in [3.05, 3.63) is 66.1 Å². The molecule has 0 saturated heterocycles. The van der Waals surface area contributed by atoms with Crippen LogP contribution in [0.3, 0.4) is 0 Å². The Bertz CT molecular complexity index is 1010. The molecule has 0 aliphatic carbocycles. The maximum absolute atomic E-state index is 12.6. The molecule has 0 radical (unpaired) electrons. The number of ether oxygens (including phenoxy) is 1. The van der Waals surface area contributed by atoms with Crippen LogP contribution in [0.1, 0.15) is 16.1 Å². The van der Waals surface area contributed by atoms with Crippen LogP contribution < -0.4 is 15.0 Å². The summed E-state index contributed by atoms with van der Waals surface area (Å²) in [5, 5.41) is 10.9. The van der Waals surface area contributed by atoms with Crippen molar-refractivity contribution in [3.8, 4) is 5.75 Å². The van der Waals surface area contributed by atoms with Crippen LogP contribution in [0, 0.1) is 0 Å². The lowest BCUT2D eigenvalue weighted by atomic mass is 10.2. The molecule has 1 N–H and O–H groups in total. The summed E-state index contributed by atoms with van der Waals surface area (Å²) < 4.78 is 7.40. The summed E-state index contributed by atoms with van der Waals surface area (Å²) in [6, 6.07) is 13.0. The van der Waals surface area contributed by atoms with Gasteiger partial charge in [-0.15, -0.1) is 5.10 Å². The third-order valence-electron chi connectivity index (χ3n) is 4.37. The van der Waals surface area contributed by atoms with Crippen LogP contribution in [0.25, 0.3) is 0 Å². The molecule has 0 spiro atoms. The fourth-order valence-electron chi connectivity index (χ4n) is 2.92. The molecule has 8 nitrogen and oxygen atoms in total. The molecule has 0 bridgehead atoms. The molecule has 0 fully saturated rings. The topological polar surface area (TPSA) is 85.2 Å². The number of carbonyl (C=O) groups is 1. The summed E-state index contributed by atoms with van der Waals surface area (Å²) in [4.78, 5) is 19.2. The summed E-state index contributed by atoms with van der Waals surface area (Å²) in [5.74, 6) is 0.888. The van der Waals surface area contributed by atoms with E-state index in [2.05, 4.69) is 20.6 Å². The third kappa shape index (κ3) is 3.70. The van der Waals surface area contributed by atoms with Crippen LogP contribution in [-0.2, 0) is 6.54 Å². The van der Waals surface area contributed by atoms with E-state index in [1.165, 1.54) is 0 Å². The minimum Gasteiger partial charge on any atom is -0.487 e. The second-order valence-corrected chi connectivity index (χ2v) is 6.76. The second kappa shape index (κ2) is 7.73. The molecule has 3 heterocycles. The number of benzene rings is 1. The molecule has 1 aliphatic heterocycles. The van der Waals surface area contributed by atoms with Crippen molar-refractivity contribution in [2.45, 2.75) is 12.6 Å². The first-order chi connectivity index (χ1) is 13.6. The van der Waals surface area contributed by atoms with Crippen LogP contribution in [0.4, 0.5) is 5.82 Å². The van der Waals surface area contributed by atoms with E-state index in [0.29, 0.717) is 23.1 Å². The normalized spacial score (nSPS) is 16.1. The Kier molecular flexibility index (Phi) is 4.98. The first-order valence-corrected chi connectivity index (χ1v) is 9.13. The highest BCUT2D eigenvalue weighted by molar-refractivity contribution is 7.80. The smallest absolute Gasteiger partial charge is 0.274 e. The number of carbonyl (C=O) groups excluding carboxylic acids is 1. The maximum atomic E-state index is 12.6. The molecule has 142 valence electrons. The number of nitrogens with zero attached hydrogens (tertiary/aromatic N) is 5. The van der Waals surface area contributed by atoms with Crippen LogP contribution in [-0.4, -0.2) is 50.6 Å². The van der Waals surface area contributed by atoms with Gasteiger partial charge in [0.25, 0.3) is 5.91 Å². The molecule has 1 amide bonds. The van der Waals surface area contributed by atoms with Crippen molar-refractivity contribution in [3.63, 3.8) is 0 Å². The Labute approximate surface area is 167 Å². The number of fused-ring (bicyclic) bond motifs is 1. The first kappa shape index (κ1) is 18.1. The van der Waals surface area contributed by atoms with Gasteiger partial charge in [-0.1, -0.05) is 47.8 Å². The summed E-state index contributed by atoms with van der Waals surface area (Å²) in [7, 11) is 1.80. The van der Waals surface area contributed by atoms with Gasteiger partial charge in [0.15, 0.2) is 17.3 Å². The summed E-state index contributed by atoms with van der Waals surface area (Å²) in [6.07, 6.45) is 3.29. The van der Waals surface area contributed by atoms with Gasteiger partial charge in [0.2, 0.25) is 0 Å². The fourth-order valence-corrected chi connectivity index (χ4v) is 3.13. The van der Waals surface area contributed by atoms with Gasteiger partial charge in [0.1, 0.15) is 17.6 Å². The molecule has 2 aromatic heterocycles. The quantitative estimate of drug-likeness (QED) is 0.674. The van der Waals surface area contributed by atoms with Gasteiger partial charge in [-0.2, -0.15) is 0 Å². The van der Waals surface area contributed by atoms with Crippen molar-refractivity contribution < 1.29 is 9.53 Å². The molecule has 1 aromatic carbocycles. The Morgan fingerprint density at radius 1 is 1.29 bits per heavy atom. The van der Waals surface area contributed by atoms with Gasteiger partial charge >= 0.3 is 0 Å². The van der Waals surface area contributed by atoms with Crippen molar-refractivity contribution in [2.75, 3.05) is 18.6 Å². The Morgan fingerprint density at radius 3 is 2.93 bits per heavy atom. The number of amides is 1. The molecular formula is C19H18N6O2S. The number of nitrogens with one attached hydrogen (secondary N) is 1. The zero-order valence-corrected chi connectivity index (χ0v) is 16.0. The number of likely N-dealkylation sites (N-methyl/N-ethyl adjacent to an activating group) is 1. The predicted molar refractivity (Wildman–Crippen MR) is 108 cm³/mol. The monoisotopic (exact) mass is 394 g/mol. The maximum Gasteiger partial charge on any atom is 0.274 e. The van der Waals surface area contributed by atoms with Crippen LogP contribution >= 0.6 is 12.2 Å². The molecule has 3 aromatic rings. The summed E-state index contributed by atoms with van der Waals surface area (Å²) in [5.41, 5.74) is 1.30. The number of anilines is 1. The number of hydrogen-bond acceptors (Lipinski definition) is 6. The average molecular weight is 394 g/mol. The average Bonchev–Trinajstić information content (AvgIpc) is 3.15. The van der Waals surface area contributed by atoms with Gasteiger partial charge in [0, 0.05) is 13.2 Å². The highest BCUT2D eigenvalue weighted by Gasteiger charge is 2.29. The van der Waals surface area contributed by atoms with E-state index in [1.54, 1.807) is 35.1 Å². The lowest BCUT2D eigenvalue weighted by Crippen LogP contribution is -2.48. The second-order valence-electron chi connectivity index (χ2n) is 6.35. The molecular weight excluding hydrogens is 376 g/mol. The first-order valence-electron chi connectivity index (χ1n) is 8.72. The molecule has 1 atom stereocenters. The van der Waals surface area contributed by atoms with Crippen LogP contribution in [0.5, 0.6) is 5.75 Å². The third-order valence-corrected chi connectivity index (χ3v) is 4.93. The van der Waals surface area contributed by atoms with E-state index >= 15 is 0 Å². The Balaban J connectivity index is 1.45. The Morgan fingerprint density at radius 2 is 2.11 bits per heavy atom. The van der Waals surface area contributed by atoms with Gasteiger partial charge < -0.3 is 15.0 Å². The van der Waals surface area contributed by atoms with E-state index in [1.807, 2.05) is 36.4 Å². The van der Waals surface area contributed by atoms with Crippen LogP contribution in [0.2, 0.25) is 0 Å². The highest BCUT2D eigenvalue weighted by atomic mass is 32.1. The van der Waals surface area contributed by atoms with Crippen molar-refractivity contribution >= 4 is 28.9 Å². The SMILES string of the molecule is CN1C(=S)[C@@H](NC(=O)c2cn(Cc3ccccc3)nn2)COc2cccnc21. The van der Waals surface area contributed by atoms with E-state index in [4.69, 9.17) is 17.0 Å². The molecule has 4 rings (SSSR count). The molecule has 9 heteroatoms. The fraction of sp³-hybridized carbons (Fsp3) is 0.211. The zero-order valence-electron chi connectivity index (χ0n) is 15.1. The van der Waals surface area contributed by atoms with E-state index < -0.39 is 6.04 Å². The standard InChI is InChI=1S/C19H18N6O2S/c1-24-17-16(8-5-9-20-17)27-12-15(19(24)28)21-18(26)14-11-25(23-22-14)10-13-6-3-2-4-7-13/h2-9,11,15H,10,12H2,1H3,(H,21,26)/t15-/m0/s1. The van der Waals surface area contributed by atoms with E-state index in [0.717, 1.165) is 5.56 Å². The number of rotatable bonds is 4. The summed E-state index contributed by atoms with van der Waals surface area (Å²) in [6.45, 7) is 0.752. The Hall–Kier alpha value is -3.33. The largest absolute Gasteiger partial charge is 0.487 e. The van der Waals surface area contributed by atoms with Gasteiger partial charge in [-0.3, -0.25) is 4.79 Å². The zero-order chi connectivity index (χ0) is 19.5. The van der Waals surface area contributed by atoms with Gasteiger partial charge in [-0.05, 0) is 17.7 Å². The number of thiocarbonyl (C=S) groups is 1. The van der Waals surface area contributed by atoms with Crippen LogP contribution in [0.15, 0.2) is 54.9 Å². The number of pyridine rings is 1. The summed E-state index contributed by atoms with van der Waals surface area (Å²) >= 11 is 5.52. The minimum absolute atomic E-state index is 0.214. The van der Waals surface area contributed by atoms with E-state index in [9.17, 15) is 4.79 Å². The predicted octanol–water partition coefficient (Wildman–Crippen LogP) is 1.68. The molecule has 0 unspecified atom stereocenters. The van der Waals surface area contributed by atoms with E-state index in [-0.39, 0.29) is 18.2 Å². The number of aromatic nitrogens is 4. The molecule has 1 aliphatic rings. The van der Waals surface area contributed by atoms with Gasteiger partial charge in [-0.25, -0.2) is 9.67 Å². The molecule has 0 saturated carbocycles.